The first kappa shape index (κ1) is 32.9. The number of aryl methyl sites for hydroxylation is 1. The number of carbonyl (C=O) groups is 2. The van der Waals surface area contributed by atoms with Crippen LogP contribution in [0.15, 0.2) is 108 Å². The Bertz CT molecular complexity index is 1710. The summed E-state index contributed by atoms with van der Waals surface area (Å²) in [7, 11) is -4.02. The van der Waals surface area contributed by atoms with Crippen LogP contribution in [-0.4, -0.2) is 43.3 Å². The van der Waals surface area contributed by atoms with Gasteiger partial charge in [-0.25, -0.2) is 0 Å². The fraction of sp³-hybridized carbons (Fsp3) is 0.206. The summed E-state index contributed by atoms with van der Waals surface area (Å²) < 4.78 is 40.7. The Labute approximate surface area is 262 Å². The number of hydrogen-bond acceptors (Lipinski definition) is 7. The predicted octanol–water partition coefficient (Wildman–Crippen LogP) is 4.90. The van der Waals surface area contributed by atoms with Crippen LogP contribution >= 0.6 is 0 Å². The second-order valence-corrected chi connectivity index (χ2v) is 12.0. The molecule has 1 saturated heterocycles. The van der Waals surface area contributed by atoms with Crippen molar-refractivity contribution in [3.05, 3.63) is 120 Å². The van der Waals surface area contributed by atoms with Crippen molar-refractivity contribution in [1.29, 1.82) is 5.41 Å². The smallest absolute Gasteiger partial charge is 0.306 e. The third-order valence-corrected chi connectivity index (χ3v) is 7.96. The van der Waals surface area contributed by atoms with Crippen LogP contribution in [0.4, 0.5) is 0 Å². The molecule has 5 N–H and O–H groups in total. The Morgan fingerprint density at radius 2 is 1.53 bits per heavy atom. The van der Waals surface area contributed by atoms with E-state index >= 15 is 0 Å². The number of benzene rings is 4. The number of nitrogens with two attached hydrogens (primary N) is 1. The van der Waals surface area contributed by atoms with Gasteiger partial charge in [0.25, 0.3) is 10.1 Å². The fourth-order valence-electron chi connectivity index (χ4n) is 4.61. The molecule has 234 valence electrons. The van der Waals surface area contributed by atoms with Gasteiger partial charge in [0.05, 0.1) is 23.3 Å². The van der Waals surface area contributed by atoms with Crippen LogP contribution in [0.2, 0.25) is 0 Å². The number of amidine groups is 1. The quantitative estimate of drug-likeness (QED) is 0.0831. The molecule has 5 rings (SSSR count). The zero-order chi connectivity index (χ0) is 32.4. The Balaban J connectivity index is 0.000000354. The summed E-state index contributed by atoms with van der Waals surface area (Å²) in [5.41, 5.74) is 10.1. The minimum Gasteiger partial charge on any atom is -0.491 e. The summed E-state index contributed by atoms with van der Waals surface area (Å²) >= 11 is 0. The van der Waals surface area contributed by atoms with Crippen molar-refractivity contribution in [2.75, 3.05) is 6.61 Å². The van der Waals surface area contributed by atoms with Gasteiger partial charge >= 0.3 is 5.97 Å². The average Bonchev–Trinajstić information content (AvgIpc) is 3.38. The van der Waals surface area contributed by atoms with Gasteiger partial charge in [0.15, 0.2) is 0 Å². The molecule has 1 aliphatic rings. The van der Waals surface area contributed by atoms with Crippen LogP contribution in [-0.2, 0) is 31.1 Å². The average molecular weight is 630 g/mol. The lowest BCUT2D eigenvalue weighted by molar-refractivity contribution is -0.147. The van der Waals surface area contributed by atoms with Crippen molar-refractivity contribution in [2.24, 2.45) is 11.7 Å². The van der Waals surface area contributed by atoms with Crippen molar-refractivity contribution < 1.29 is 32.0 Å². The highest BCUT2D eigenvalue weighted by Gasteiger charge is 2.34. The molecule has 0 unspecified atom stereocenters. The van der Waals surface area contributed by atoms with E-state index in [4.69, 9.17) is 25.2 Å². The number of hydrogen-bond donors (Lipinski definition) is 4. The Kier molecular flexibility index (Phi) is 11.1. The van der Waals surface area contributed by atoms with Gasteiger partial charge < -0.3 is 20.5 Å². The number of nitrogens with one attached hydrogen (secondary N) is 2. The van der Waals surface area contributed by atoms with Crippen molar-refractivity contribution in [3.8, 4) is 16.9 Å². The first-order chi connectivity index (χ1) is 21.5. The first-order valence-electron chi connectivity index (χ1n) is 14.2. The molecule has 1 fully saturated rings. The van der Waals surface area contributed by atoms with Crippen LogP contribution < -0.4 is 15.8 Å². The highest BCUT2D eigenvalue weighted by molar-refractivity contribution is 7.85. The number of amides is 1. The molecular formula is C34H35N3O7S. The van der Waals surface area contributed by atoms with Crippen LogP contribution in [0.1, 0.15) is 29.5 Å². The normalized spacial score (nSPS) is 15.7. The van der Waals surface area contributed by atoms with Gasteiger partial charge in [0.2, 0.25) is 5.91 Å². The van der Waals surface area contributed by atoms with E-state index in [1.54, 1.807) is 12.1 Å². The third-order valence-electron chi connectivity index (χ3n) is 7.10. The van der Waals surface area contributed by atoms with E-state index in [1.807, 2.05) is 85.8 Å². The van der Waals surface area contributed by atoms with Crippen molar-refractivity contribution in [3.63, 3.8) is 0 Å². The molecule has 1 amide bonds. The van der Waals surface area contributed by atoms with Crippen LogP contribution in [0, 0.1) is 18.3 Å². The summed E-state index contributed by atoms with van der Waals surface area (Å²) in [4.78, 5) is 24.4. The highest BCUT2D eigenvalue weighted by atomic mass is 32.2. The van der Waals surface area contributed by atoms with E-state index < -0.39 is 16.0 Å². The zero-order valence-electron chi connectivity index (χ0n) is 24.7. The summed E-state index contributed by atoms with van der Waals surface area (Å²) in [6.07, 6.45) is 0.589. The van der Waals surface area contributed by atoms with Gasteiger partial charge in [-0.2, -0.15) is 8.42 Å². The molecule has 0 spiro atoms. The lowest BCUT2D eigenvalue weighted by atomic mass is 10.0. The van der Waals surface area contributed by atoms with Gasteiger partial charge in [-0.15, -0.1) is 0 Å². The van der Waals surface area contributed by atoms with Crippen LogP contribution in [0.5, 0.6) is 5.75 Å². The standard InChI is InChI=1S/C27H27N3O4.C7H8O3S/c28-26(29)21-8-6-19(7-9-21)20-10-12-24(13-11-20)33-17-23-14-22(27(32)30-23)15-25(31)34-16-18-4-2-1-3-5-18;1-6-2-4-7(5-3-6)11(8,9)10/h1-13,22-23H,14-17H2,(H3,28,29)(H,30,32);2-5H,1H3,(H,8,9,10)/t22-,23-;/m0./s1. The first-order valence-corrected chi connectivity index (χ1v) is 15.6. The maximum atomic E-state index is 12.3. The minimum absolute atomic E-state index is 0.0422. The summed E-state index contributed by atoms with van der Waals surface area (Å²) in [6, 6.07) is 30.4. The van der Waals surface area contributed by atoms with E-state index in [1.165, 1.54) is 12.1 Å². The molecule has 1 heterocycles. The zero-order valence-corrected chi connectivity index (χ0v) is 25.5. The van der Waals surface area contributed by atoms with Crippen molar-refractivity contribution >= 4 is 27.8 Å². The van der Waals surface area contributed by atoms with Gasteiger partial charge in [-0.1, -0.05) is 84.4 Å². The maximum absolute atomic E-state index is 12.3. The lowest BCUT2D eigenvalue weighted by Crippen LogP contribution is -2.31. The van der Waals surface area contributed by atoms with E-state index in [2.05, 4.69) is 5.32 Å². The second-order valence-electron chi connectivity index (χ2n) is 10.6. The molecule has 0 saturated carbocycles. The second kappa shape index (κ2) is 15.1. The van der Waals surface area contributed by atoms with E-state index in [0.717, 1.165) is 22.3 Å². The molecule has 0 aromatic heterocycles. The largest absolute Gasteiger partial charge is 0.491 e. The summed E-state index contributed by atoms with van der Waals surface area (Å²) in [5, 5.41) is 10.4. The van der Waals surface area contributed by atoms with E-state index in [0.29, 0.717) is 24.3 Å². The maximum Gasteiger partial charge on any atom is 0.306 e. The molecule has 0 radical (unpaired) electrons. The van der Waals surface area contributed by atoms with E-state index in [9.17, 15) is 18.0 Å². The molecular weight excluding hydrogens is 594 g/mol. The number of nitrogen functional groups attached to an aromatic ring is 1. The van der Waals surface area contributed by atoms with E-state index in [-0.39, 0.29) is 41.7 Å². The lowest BCUT2D eigenvalue weighted by Gasteiger charge is -2.12. The molecule has 4 aromatic carbocycles. The van der Waals surface area contributed by atoms with Crippen molar-refractivity contribution in [1.82, 2.24) is 5.32 Å². The Morgan fingerprint density at radius 1 is 0.933 bits per heavy atom. The molecule has 4 aromatic rings. The molecule has 1 aliphatic heterocycles. The number of esters is 1. The predicted molar refractivity (Wildman–Crippen MR) is 170 cm³/mol. The Morgan fingerprint density at radius 3 is 2.11 bits per heavy atom. The summed E-state index contributed by atoms with van der Waals surface area (Å²) in [5.74, 6) is -0.186. The van der Waals surface area contributed by atoms with Crippen molar-refractivity contribution in [2.45, 2.75) is 37.3 Å². The monoisotopic (exact) mass is 629 g/mol. The molecule has 45 heavy (non-hydrogen) atoms. The number of rotatable bonds is 10. The SMILES string of the molecule is Cc1ccc(S(=O)(=O)O)cc1.N=C(N)c1ccc(-c2ccc(OC[C@@H]3C[C@@H](CC(=O)OCc4ccccc4)C(=O)N3)cc2)cc1. The molecule has 2 atom stereocenters. The fourth-order valence-corrected chi connectivity index (χ4v) is 5.09. The molecule has 10 nitrogen and oxygen atoms in total. The molecule has 0 bridgehead atoms. The summed E-state index contributed by atoms with van der Waals surface area (Å²) in [6.45, 7) is 2.37. The highest BCUT2D eigenvalue weighted by Crippen LogP contribution is 2.25. The van der Waals surface area contributed by atoms with Crippen LogP contribution in [0.3, 0.4) is 0 Å². The number of ether oxygens (including phenoxy) is 2. The topological polar surface area (TPSA) is 169 Å². The Hall–Kier alpha value is -5.00. The van der Waals surface area contributed by atoms with Crippen LogP contribution in [0.25, 0.3) is 11.1 Å². The van der Waals surface area contributed by atoms with Gasteiger partial charge in [0, 0.05) is 5.56 Å². The van der Waals surface area contributed by atoms with Gasteiger partial charge in [-0.3, -0.25) is 19.6 Å². The van der Waals surface area contributed by atoms with Gasteiger partial charge in [0.1, 0.15) is 24.8 Å². The minimum atomic E-state index is -4.02. The van der Waals surface area contributed by atoms with Gasteiger partial charge in [-0.05, 0) is 54.3 Å². The number of carbonyl (C=O) groups excluding carboxylic acids is 2. The third kappa shape index (κ3) is 10.0. The molecule has 0 aliphatic carbocycles. The molecule has 11 heteroatoms.